The normalized spacial score (nSPS) is 13.5. The van der Waals surface area contributed by atoms with Crippen molar-refractivity contribution in [2.45, 2.75) is 6.42 Å². The molecule has 0 spiro atoms. The number of piperazine rings is 1. The topological polar surface area (TPSA) is 98.8 Å². The van der Waals surface area contributed by atoms with Gasteiger partial charge in [-0.3, -0.25) is 10.1 Å². The molecular formula is C26H26F2N6O3S. The first-order valence-electron chi connectivity index (χ1n) is 11.8. The van der Waals surface area contributed by atoms with E-state index in [1.54, 1.807) is 17.0 Å². The SMILES string of the molecule is CN1CCN(C(=O)Nc2cc(Oc3ccc(NC(=S)NC(=O)Cc4ccc(F)cc4)c(F)c3)ccn2)CC1. The number of hydrogen-bond acceptors (Lipinski definition) is 6. The highest BCUT2D eigenvalue weighted by atomic mass is 32.1. The van der Waals surface area contributed by atoms with E-state index >= 15 is 0 Å². The number of thiocarbonyl (C=S) groups is 1. The summed E-state index contributed by atoms with van der Waals surface area (Å²) in [7, 11) is 2.01. The molecule has 12 heteroatoms. The van der Waals surface area contributed by atoms with Crippen molar-refractivity contribution in [3.8, 4) is 11.5 Å². The molecule has 0 atom stereocenters. The van der Waals surface area contributed by atoms with Gasteiger partial charge in [0, 0.05) is 44.5 Å². The number of anilines is 2. The standard InChI is InChI=1S/C26H26F2N6O3S/c1-33-10-12-34(13-11-33)26(36)31-23-16-20(8-9-29-23)37-19-6-7-22(21(28)15-19)30-25(38)32-24(35)14-17-2-4-18(27)5-3-17/h2-9,15-16H,10-14H2,1H3,(H,29,31,36)(H2,30,32,35,38). The lowest BCUT2D eigenvalue weighted by Crippen LogP contribution is -2.48. The summed E-state index contributed by atoms with van der Waals surface area (Å²) in [5, 5.41) is 7.77. The molecule has 3 aromatic rings. The van der Waals surface area contributed by atoms with Crippen LogP contribution in [0.5, 0.6) is 11.5 Å². The minimum absolute atomic E-state index is 0.0128. The molecule has 0 saturated carbocycles. The average molecular weight is 541 g/mol. The first-order valence-corrected chi connectivity index (χ1v) is 12.2. The van der Waals surface area contributed by atoms with E-state index in [0.29, 0.717) is 30.2 Å². The highest BCUT2D eigenvalue weighted by Gasteiger charge is 2.19. The van der Waals surface area contributed by atoms with Crippen LogP contribution < -0.4 is 20.7 Å². The fraction of sp³-hybridized carbons (Fsp3) is 0.231. The molecule has 3 N–H and O–H groups in total. The Kier molecular flexibility index (Phi) is 8.77. The molecule has 1 aliphatic rings. The third-order valence-electron chi connectivity index (χ3n) is 5.71. The van der Waals surface area contributed by atoms with E-state index in [2.05, 4.69) is 25.8 Å². The van der Waals surface area contributed by atoms with E-state index < -0.39 is 17.5 Å². The quantitative estimate of drug-likeness (QED) is 0.407. The fourth-order valence-corrected chi connectivity index (χ4v) is 3.87. The van der Waals surface area contributed by atoms with Crippen molar-refractivity contribution in [3.05, 3.63) is 78.0 Å². The van der Waals surface area contributed by atoms with Crippen LogP contribution in [0.15, 0.2) is 60.8 Å². The van der Waals surface area contributed by atoms with E-state index in [9.17, 15) is 18.4 Å². The number of carbonyl (C=O) groups is 2. The number of hydrogen-bond donors (Lipinski definition) is 3. The number of ether oxygens (including phenoxy) is 1. The summed E-state index contributed by atoms with van der Waals surface area (Å²) in [4.78, 5) is 32.7. The van der Waals surface area contributed by atoms with Crippen LogP contribution in [0.4, 0.5) is 25.1 Å². The van der Waals surface area contributed by atoms with Crippen LogP contribution in [0.3, 0.4) is 0 Å². The Labute approximate surface area is 223 Å². The Hall–Kier alpha value is -4.16. The van der Waals surface area contributed by atoms with Crippen LogP contribution in [0.1, 0.15) is 5.56 Å². The summed E-state index contributed by atoms with van der Waals surface area (Å²) >= 11 is 5.10. The number of pyridine rings is 1. The lowest BCUT2D eigenvalue weighted by Gasteiger charge is -2.32. The Morgan fingerprint density at radius 1 is 0.974 bits per heavy atom. The predicted octanol–water partition coefficient (Wildman–Crippen LogP) is 3.99. The van der Waals surface area contributed by atoms with Crippen LogP contribution in [0, 0.1) is 11.6 Å². The van der Waals surface area contributed by atoms with Gasteiger partial charge in [0.25, 0.3) is 0 Å². The smallest absolute Gasteiger partial charge is 0.323 e. The summed E-state index contributed by atoms with van der Waals surface area (Å²) in [6.45, 7) is 2.85. The molecule has 1 fully saturated rings. The zero-order valence-corrected chi connectivity index (χ0v) is 21.4. The Balaban J connectivity index is 1.30. The van der Waals surface area contributed by atoms with E-state index in [-0.39, 0.29) is 29.0 Å². The molecule has 3 amide bonds. The van der Waals surface area contributed by atoms with Crippen molar-refractivity contribution in [2.75, 3.05) is 43.9 Å². The van der Waals surface area contributed by atoms with Crippen LogP contribution >= 0.6 is 12.2 Å². The Morgan fingerprint density at radius 3 is 2.39 bits per heavy atom. The number of likely N-dealkylation sites (N-methyl/N-ethyl adjacent to an activating group) is 1. The predicted molar refractivity (Wildman–Crippen MR) is 143 cm³/mol. The first kappa shape index (κ1) is 26.9. The number of nitrogens with zero attached hydrogens (tertiary/aromatic N) is 3. The lowest BCUT2D eigenvalue weighted by atomic mass is 10.1. The summed E-state index contributed by atoms with van der Waals surface area (Å²) in [6, 6.07) is 12.5. The molecule has 0 unspecified atom stereocenters. The Morgan fingerprint density at radius 2 is 1.68 bits per heavy atom. The largest absolute Gasteiger partial charge is 0.457 e. The minimum atomic E-state index is -0.657. The van der Waals surface area contributed by atoms with Gasteiger partial charge >= 0.3 is 6.03 Å². The zero-order valence-electron chi connectivity index (χ0n) is 20.5. The number of aromatic nitrogens is 1. The average Bonchev–Trinajstić information content (AvgIpc) is 2.87. The second-order valence-electron chi connectivity index (χ2n) is 8.65. The molecule has 9 nitrogen and oxygen atoms in total. The monoisotopic (exact) mass is 540 g/mol. The van der Waals surface area contributed by atoms with Crippen LogP contribution in [-0.4, -0.2) is 65.1 Å². The maximum atomic E-state index is 14.7. The summed E-state index contributed by atoms with van der Waals surface area (Å²) in [5.41, 5.74) is 0.650. The van der Waals surface area contributed by atoms with Gasteiger partial charge in [-0.25, -0.2) is 18.6 Å². The van der Waals surface area contributed by atoms with E-state index in [1.165, 1.54) is 42.6 Å². The minimum Gasteiger partial charge on any atom is -0.457 e. The van der Waals surface area contributed by atoms with Gasteiger partial charge < -0.3 is 25.2 Å². The van der Waals surface area contributed by atoms with Gasteiger partial charge in [0.15, 0.2) is 5.11 Å². The van der Waals surface area contributed by atoms with Crippen molar-refractivity contribution in [3.63, 3.8) is 0 Å². The molecule has 0 aliphatic carbocycles. The van der Waals surface area contributed by atoms with Crippen molar-refractivity contribution in [1.29, 1.82) is 0 Å². The third kappa shape index (κ3) is 7.67. The van der Waals surface area contributed by atoms with Gasteiger partial charge in [-0.15, -0.1) is 0 Å². The molecule has 2 heterocycles. The van der Waals surface area contributed by atoms with Crippen molar-refractivity contribution >= 4 is 40.8 Å². The van der Waals surface area contributed by atoms with Gasteiger partial charge in [0.1, 0.15) is 29.0 Å². The third-order valence-corrected chi connectivity index (χ3v) is 5.92. The Bertz CT molecular complexity index is 1320. The van der Waals surface area contributed by atoms with Gasteiger partial charge in [-0.2, -0.15) is 0 Å². The maximum Gasteiger partial charge on any atom is 0.323 e. The fourth-order valence-electron chi connectivity index (χ4n) is 3.65. The number of amides is 3. The van der Waals surface area contributed by atoms with Gasteiger partial charge in [0.2, 0.25) is 5.91 Å². The number of nitrogens with one attached hydrogen (secondary N) is 3. The molecule has 1 aliphatic heterocycles. The molecule has 38 heavy (non-hydrogen) atoms. The van der Waals surface area contributed by atoms with Gasteiger partial charge in [-0.1, -0.05) is 12.1 Å². The molecule has 0 bridgehead atoms. The van der Waals surface area contributed by atoms with Crippen LogP contribution in [-0.2, 0) is 11.2 Å². The molecule has 198 valence electrons. The molecule has 2 aromatic carbocycles. The number of carbonyl (C=O) groups excluding carboxylic acids is 2. The van der Waals surface area contributed by atoms with Gasteiger partial charge in [0.05, 0.1) is 12.1 Å². The highest BCUT2D eigenvalue weighted by Crippen LogP contribution is 2.26. The molecule has 4 rings (SSSR count). The van der Waals surface area contributed by atoms with Crippen molar-refractivity contribution in [1.82, 2.24) is 20.1 Å². The highest BCUT2D eigenvalue weighted by molar-refractivity contribution is 7.80. The maximum absolute atomic E-state index is 14.7. The lowest BCUT2D eigenvalue weighted by molar-refractivity contribution is -0.119. The van der Waals surface area contributed by atoms with Crippen LogP contribution in [0.25, 0.3) is 0 Å². The molecule has 1 saturated heterocycles. The summed E-state index contributed by atoms with van der Waals surface area (Å²) in [6.07, 6.45) is 1.47. The van der Waals surface area contributed by atoms with E-state index in [1.807, 2.05) is 7.05 Å². The molecular weight excluding hydrogens is 514 g/mol. The summed E-state index contributed by atoms with van der Waals surface area (Å²) < 4.78 is 33.4. The second kappa shape index (κ2) is 12.4. The molecule has 0 radical (unpaired) electrons. The number of rotatable bonds is 6. The number of benzene rings is 2. The number of urea groups is 1. The van der Waals surface area contributed by atoms with E-state index in [0.717, 1.165) is 19.2 Å². The van der Waals surface area contributed by atoms with Gasteiger partial charge in [-0.05, 0) is 55.2 Å². The summed E-state index contributed by atoms with van der Waals surface area (Å²) in [5.74, 6) is -0.601. The zero-order chi connectivity index (χ0) is 27.1. The van der Waals surface area contributed by atoms with Crippen molar-refractivity contribution in [2.24, 2.45) is 0 Å². The number of halogens is 2. The van der Waals surface area contributed by atoms with Crippen molar-refractivity contribution < 1.29 is 23.1 Å². The van der Waals surface area contributed by atoms with Crippen LogP contribution in [0.2, 0.25) is 0 Å². The molecule has 1 aromatic heterocycles. The first-order chi connectivity index (χ1) is 18.2. The van der Waals surface area contributed by atoms with E-state index in [4.69, 9.17) is 17.0 Å². The second-order valence-corrected chi connectivity index (χ2v) is 9.05.